The summed E-state index contributed by atoms with van der Waals surface area (Å²) in [5.41, 5.74) is 0.334. The van der Waals surface area contributed by atoms with E-state index in [-0.39, 0.29) is 6.09 Å². The van der Waals surface area contributed by atoms with Crippen LogP contribution in [0.4, 0.5) is 4.79 Å². The third kappa shape index (κ3) is 3.83. The van der Waals surface area contributed by atoms with E-state index in [9.17, 15) is 4.79 Å². The van der Waals surface area contributed by atoms with E-state index in [1.165, 1.54) is 0 Å². The molecule has 3 rings (SSSR count). The Morgan fingerprint density at radius 2 is 2.25 bits per heavy atom. The number of hydrogen-bond donors (Lipinski definition) is 0. The maximum Gasteiger partial charge on any atom is 0.410 e. The standard InChI is InChI=1S/C16H20BrClN4O2/c1-16(2,3)24-15(23)21-5-4-10(7-21)8-22-9-11-12(20-22)6-19-14(18)13(11)17/h6,9-10H,4-5,7-8H2,1-3H3/t10-/m1/s1. The highest BCUT2D eigenvalue weighted by atomic mass is 79.9. The molecule has 0 aliphatic carbocycles. The zero-order valence-corrected chi connectivity index (χ0v) is 16.3. The molecule has 6 nitrogen and oxygen atoms in total. The van der Waals surface area contributed by atoms with Crippen LogP contribution in [-0.4, -0.2) is 44.4 Å². The summed E-state index contributed by atoms with van der Waals surface area (Å²) in [5.74, 6) is 0.356. The summed E-state index contributed by atoms with van der Waals surface area (Å²) in [6.45, 7) is 7.79. The van der Waals surface area contributed by atoms with Crippen LogP contribution in [0.5, 0.6) is 0 Å². The second kappa shape index (κ2) is 6.52. The van der Waals surface area contributed by atoms with Crippen LogP contribution in [0.2, 0.25) is 5.15 Å². The summed E-state index contributed by atoms with van der Waals surface area (Å²) in [7, 11) is 0. The van der Waals surface area contributed by atoms with Crippen LogP contribution in [-0.2, 0) is 11.3 Å². The summed E-state index contributed by atoms with van der Waals surface area (Å²) in [4.78, 5) is 18.0. The zero-order valence-electron chi connectivity index (χ0n) is 13.9. The van der Waals surface area contributed by atoms with E-state index in [0.29, 0.717) is 17.6 Å². The van der Waals surface area contributed by atoms with Crippen molar-refractivity contribution < 1.29 is 9.53 Å². The number of fused-ring (bicyclic) bond motifs is 1. The highest BCUT2D eigenvalue weighted by molar-refractivity contribution is 9.10. The molecule has 0 radical (unpaired) electrons. The number of amides is 1. The van der Waals surface area contributed by atoms with Crippen molar-refractivity contribution in [2.24, 2.45) is 5.92 Å². The smallest absolute Gasteiger partial charge is 0.410 e. The van der Waals surface area contributed by atoms with Crippen LogP contribution in [0.25, 0.3) is 10.9 Å². The lowest BCUT2D eigenvalue weighted by atomic mass is 10.1. The van der Waals surface area contributed by atoms with E-state index in [4.69, 9.17) is 16.3 Å². The number of pyridine rings is 1. The SMILES string of the molecule is CC(C)(C)OC(=O)N1CC[C@@H](Cn2cc3c(Br)c(Cl)ncc3n2)C1. The Balaban J connectivity index is 1.65. The molecule has 0 aromatic carbocycles. The topological polar surface area (TPSA) is 60.2 Å². The summed E-state index contributed by atoms with van der Waals surface area (Å²) in [6.07, 6.45) is 4.33. The van der Waals surface area contributed by atoms with Gasteiger partial charge in [0.15, 0.2) is 0 Å². The van der Waals surface area contributed by atoms with Gasteiger partial charge in [-0.25, -0.2) is 9.78 Å². The van der Waals surface area contributed by atoms with E-state index >= 15 is 0 Å². The Bertz CT molecular complexity index is 771. The van der Waals surface area contributed by atoms with Gasteiger partial charge in [-0.1, -0.05) is 11.6 Å². The van der Waals surface area contributed by atoms with Gasteiger partial charge in [-0.3, -0.25) is 4.68 Å². The molecule has 0 saturated carbocycles. The summed E-state index contributed by atoms with van der Waals surface area (Å²) < 4.78 is 8.09. The Hall–Kier alpha value is -1.34. The van der Waals surface area contributed by atoms with E-state index in [0.717, 1.165) is 34.9 Å². The van der Waals surface area contributed by atoms with Crippen LogP contribution < -0.4 is 0 Å². The van der Waals surface area contributed by atoms with Gasteiger partial charge >= 0.3 is 6.09 Å². The van der Waals surface area contributed by atoms with Crippen molar-refractivity contribution in [2.75, 3.05) is 13.1 Å². The number of aromatic nitrogens is 3. The minimum absolute atomic E-state index is 0.241. The first kappa shape index (κ1) is 17.5. The predicted octanol–water partition coefficient (Wildman–Crippen LogP) is 4.10. The lowest BCUT2D eigenvalue weighted by Gasteiger charge is -2.24. The molecule has 1 aliphatic heterocycles. The number of carbonyl (C=O) groups is 1. The maximum absolute atomic E-state index is 12.1. The minimum atomic E-state index is -0.465. The molecule has 2 aromatic heterocycles. The predicted molar refractivity (Wildman–Crippen MR) is 96.2 cm³/mol. The van der Waals surface area contributed by atoms with Crippen molar-refractivity contribution in [2.45, 2.75) is 39.3 Å². The van der Waals surface area contributed by atoms with Gasteiger partial charge in [0.25, 0.3) is 0 Å². The monoisotopic (exact) mass is 414 g/mol. The molecule has 0 unspecified atom stereocenters. The lowest BCUT2D eigenvalue weighted by molar-refractivity contribution is 0.0287. The Labute approximate surface area is 154 Å². The van der Waals surface area contributed by atoms with E-state index < -0.39 is 5.60 Å². The van der Waals surface area contributed by atoms with Gasteiger partial charge in [0.2, 0.25) is 0 Å². The summed E-state index contributed by atoms with van der Waals surface area (Å²) in [5, 5.41) is 5.91. The van der Waals surface area contributed by atoms with Crippen molar-refractivity contribution >= 4 is 44.5 Å². The normalized spacial score (nSPS) is 18.4. The Morgan fingerprint density at radius 1 is 1.50 bits per heavy atom. The molecule has 1 atom stereocenters. The van der Waals surface area contributed by atoms with Crippen molar-refractivity contribution in [1.82, 2.24) is 19.7 Å². The number of halogens is 2. The first-order valence-corrected chi connectivity index (χ1v) is 9.05. The molecule has 8 heteroatoms. The van der Waals surface area contributed by atoms with Crippen LogP contribution in [0, 0.1) is 5.92 Å². The third-order valence-corrected chi connectivity index (χ3v) is 5.21. The summed E-state index contributed by atoms with van der Waals surface area (Å²) in [6, 6.07) is 0. The van der Waals surface area contributed by atoms with Gasteiger partial charge in [0, 0.05) is 31.2 Å². The fourth-order valence-electron chi connectivity index (χ4n) is 2.82. The minimum Gasteiger partial charge on any atom is -0.444 e. The number of ether oxygens (including phenoxy) is 1. The highest BCUT2D eigenvalue weighted by Crippen LogP contribution is 2.29. The number of nitrogens with zero attached hydrogens (tertiary/aromatic N) is 4. The molecule has 0 N–H and O–H groups in total. The lowest BCUT2D eigenvalue weighted by Crippen LogP contribution is -2.35. The van der Waals surface area contributed by atoms with Crippen molar-refractivity contribution in [3.05, 3.63) is 22.0 Å². The molecule has 1 fully saturated rings. The van der Waals surface area contributed by atoms with Crippen LogP contribution in [0.3, 0.4) is 0 Å². The number of likely N-dealkylation sites (tertiary alicyclic amines) is 1. The van der Waals surface area contributed by atoms with Gasteiger partial charge in [0.05, 0.1) is 10.7 Å². The van der Waals surface area contributed by atoms with Crippen LogP contribution in [0.15, 0.2) is 16.9 Å². The number of hydrogen-bond acceptors (Lipinski definition) is 4. The van der Waals surface area contributed by atoms with Crippen molar-refractivity contribution in [3.63, 3.8) is 0 Å². The van der Waals surface area contributed by atoms with Gasteiger partial charge in [-0.2, -0.15) is 5.10 Å². The maximum atomic E-state index is 12.1. The number of rotatable bonds is 2. The van der Waals surface area contributed by atoms with E-state index in [2.05, 4.69) is 26.0 Å². The largest absolute Gasteiger partial charge is 0.444 e. The molecule has 1 saturated heterocycles. The first-order chi connectivity index (χ1) is 11.2. The fraction of sp³-hybridized carbons (Fsp3) is 0.562. The number of carbonyl (C=O) groups excluding carboxylic acids is 1. The van der Waals surface area contributed by atoms with Crippen molar-refractivity contribution in [1.29, 1.82) is 0 Å². The first-order valence-electron chi connectivity index (χ1n) is 7.88. The van der Waals surface area contributed by atoms with Crippen LogP contribution in [0.1, 0.15) is 27.2 Å². The molecule has 1 amide bonds. The van der Waals surface area contributed by atoms with Crippen molar-refractivity contribution in [3.8, 4) is 0 Å². The second-order valence-corrected chi connectivity index (χ2v) is 8.25. The summed E-state index contributed by atoms with van der Waals surface area (Å²) >= 11 is 9.47. The molecular formula is C16H20BrClN4O2. The van der Waals surface area contributed by atoms with Gasteiger partial charge < -0.3 is 9.64 Å². The fourth-order valence-corrected chi connectivity index (χ4v) is 3.38. The van der Waals surface area contributed by atoms with E-state index in [1.807, 2.05) is 31.6 Å². The Kier molecular flexibility index (Phi) is 4.75. The third-order valence-electron chi connectivity index (χ3n) is 3.89. The van der Waals surface area contributed by atoms with Crippen LogP contribution >= 0.6 is 27.5 Å². The average Bonchev–Trinajstić information content (AvgIpc) is 3.09. The molecule has 0 spiro atoms. The molecule has 0 bridgehead atoms. The second-order valence-electron chi connectivity index (χ2n) is 7.09. The van der Waals surface area contributed by atoms with Gasteiger partial charge in [-0.15, -0.1) is 0 Å². The average molecular weight is 416 g/mol. The Morgan fingerprint density at radius 3 is 2.96 bits per heavy atom. The molecule has 3 heterocycles. The molecular weight excluding hydrogens is 396 g/mol. The molecule has 24 heavy (non-hydrogen) atoms. The zero-order chi connectivity index (χ0) is 17.5. The molecule has 130 valence electrons. The molecule has 1 aliphatic rings. The quantitative estimate of drug-likeness (QED) is 0.693. The van der Waals surface area contributed by atoms with Gasteiger partial charge in [0.1, 0.15) is 16.3 Å². The highest BCUT2D eigenvalue weighted by Gasteiger charge is 2.30. The molecule has 2 aromatic rings. The van der Waals surface area contributed by atoms with Gasteiger partial charge in [-0.05, 0) is 49.0 Å². The van der Waals surface area contributed by atoms with E-state index in [1.54, 1.807) is 11.1 Å².